The standard InChI is InChI=1S/C14H12N2O4S2/c1-7-3-4-9(5-8(7)2)10-6-21-14(15-10)12-11(17)13(18)16-22(12,19)20/h3-6,12H,1-2H3,(H,16,18). The summed E-state index contributed by atoms with van der Waals surface area (Å²) in [6, 6.07) is 5.78. The SMILES string of the molecule is Cc1ccc(-c2csc(C3C(=O)C(=O)NS3(=O)=O)n2)cc1C. The number of carbonyl (C=O) groups excluding carboxylic acids is 2. The molecule has 6 nitrogen and oxygen atoms in total. The summed E-state index contributed by atoms with van der Waals surface area (Å²) in [7, 11) is -4.02. The Balaban J connectivity index is 2.02. The second-order valence-electron chi connectivity index (χ2n) is 5.09. The number of hydrogen-bond acceptors (Lipinski definition) is 6. The van der Waals surface area contributed by atoms with Crippen molar-refractivity contribution in [1.82, 2.24) is 9.71 Å². The highest BCUT2D eigenvalue weighted by atomic mass is 32.2. The van der Waals surface area contributed by atoms with Crippen LogP contribution in [0.15, 0.2) is 23.6 Å². The molecule has 0 bridgehead atoms. The van der Waals surface area contributed by atoms with Crippen LogP contribution in [0.25, 0.3) is 11.3 Å². The average Bonchev–Trinajstić information content (AvgIpc) is 2.97. The van der Waals surface area contributed by atoms with E-state index in [2.05, 4.69) is 4.98 Å². The molecule has 2 aromatic rings. The minimum absolute atomic E-state index is 0.108. The first kappa shape index (κ1) is 14.9. The molecule has 1 fully saturated rings. The van der Waals surface area contributed by atoms with E-state index in [0.717, 1.165) is 28.0 Å². The number of thiazole rings is 1. The van der Waals surface area contributed by atoms with Crippen LogP contribution in [0.2, 0.25) is 0 Å². The number of carbonyl (C=O) groups is 2. The highest BCUT2D eigenvalue weighted by Crippen LogP contribution is 2.32. The van der Waals surface area contributed by atoms with Crippen LogP contribution in [0, 0.1) is 13.8 Å². The van der Waals surface area contributed by atoms with Crippen molar-refractivity contribution in [1.29, 1.82) is 0 Å². The number of sulfonamides is 1. The fourth-order valence-corrected chi connectivity index (χ4v) is 4.72. The lowest BCUT2D eigenvalue weighted by Gasteiger charge is -2.03. The van der Waals surface area contributed by atoms with Gasteiger partial charge in [0.15, 0.2) is 5.25 Å². The minimum Gasteiger partial charge on any atom is -0.287 e. The highest BCUT2D eigenvalue weighted by Gasteiger charge is 2.48. The molecule has 1 aromatic heterocycles. The van der Waals surface area contributed by atoms with Gasteiger partial charge in [0.1, 0.15) is 5.01 Å². The van der Waals surface area contributed by atoms with E-state index in [-0.39, 0.29) is 5.01 Å². The van der Waals surface area contributed by atoms with Gasteiger partial charge in [-0.1, -0.05) is 12.1 Å². The summed E-state index contributed by atoms with van der Waals surface area (Å²) in [5, 5.41) is 0.257. The van der Waals surface area contributed by atoms with Crippen LogP contribution in [0.5, 0.6) is 0 Å². The molecule has 1 N–H and O–H groups in total. The van der Waals surface area contributed by atoms with Crippen molar-refractivity contribution in [3.05, 3.63) is 39.7 Å². The molecule has 22 heavy (non-hydrogen) atoms. The number of aromatic nitrogens is 1. The van der Waals surface area contributed by atoms with Crippen LogP contribution < -0.4 is 4.72 Å². The lowest BCUT2D eigenvalue weighted by Crippen LogP contribution is -2.22. The molecule has 114 valence electrons. The zero-order valence-electron chi connectivity index (χ0n) is 11.8. The quantitative estimate of drug-likeness (QED) is 0.839. The molecular weight excluding hydrogens is 324 g/mol. The molecule has 1 amide bonds. The van der Waals surface area contributed by atoms with E-state index in [1.54, 1.807) is 10.1 Å². The maximum Gasteiger partial charge on any atom is 0.302 e. The average molecular weight is 336 g/mol. The monoisotopic (exact) mass is 336 g/mol. The molecule has 8 heteroatoms. The molecule has 0 saturated carbocycles. The Hall–Kier alpha value is -2.06. The molecule has 2 heterocycles. The van der Waals surface area contributed by atoms with E-state index in [4.69, 9.17) is 0 Å². The normalized spacial score (nSPS) is 20.2. The molecule has 3 rings (SSSR count). The first-order valence-corrected chi connectivity index (χ1v) is 8.85. The Bertz CT molecular complexity index is 899. The van der Waals surface area contributed by atoms with Crippen LogP contribution in [0.3, 0.4) is 0 Å². The third-order valence-electron chi connectivity index (χ3n) is 3.56. The smallest absolute Gasteiger partial charge is 0.287 e. The van der Waals surface area contributed by atoms with Crippen LogP contribution in [0.1, 0.15) is 21.4 Å². The maximum absolute atomic E-state index is 11.8. The van der Waals surface area contributed by atoms with Crippen LogP contribution >= 0.6 is 11.3 Å². The van der Waals surface area contributed by atoms with Gasteiger partial charge >= 0.3 is 5.91 Å². The fourth-order valence-electron chi connectivity index (χ4n) is 2.18. The van der Waals surface area contributed by atoms with Crippen molar-refractivity contribution < 1.29 is 18.0 Å². The summed E-state index contributed by atoms with van der Waals surface area (Å²) in [6.45, 7) is 3.96. The van der Waals surface area contributed by atoms with Gasteiger partial charge in [-0.25, -0.2) is 18.1 Å². The minimum atomic E-state index is -4.02. The summed E-state index contributed by atoms with van der Waals surface area (Å²) < 4.78 is 25.4. The van der Waals surface area contributed by atoms with Gasteiger partial charge in [-0.05, 0) is 31.0 Å². The number of Topliss-reactive ketones (excluding diaryl/α,β-unsaturated/α-hetero) is 1. The molecule has 1 saturated heterocycles. The number of nitrogens with zero attached hydrogens (tertiary/aromatic N) is 1. The molecule has 1 atom stereocenters. The van der Waals surface area contributed by atoms with E-state index in [1.165, 1.54) is 0 Å². The molecule has 1 aliphatic rings. The van der Waals surface area contributed by atoms with Crippen molar-refractivity contribution in [2.24, 2.45) is 0 Å². The number of nitrogens with one attached hydrogen (secondary N) is 1. The number of hydrogen-bond donors (Lipinski definition) is 1. The van der Waals surface area contributed by atoms with Gasteiger partial charge in [0.2, 0.25) is 5.78 Å². The zero-order valence-corrected chi connectivity index (χ0v) is 13.4. The van der Waals surface area contributed by atoms with Crippen molar-refractivity contribution in [2.45, 2.75) is 19.1 Å². The summed E-state index contributed by atoms with van der Waals surface area (Å²) >= 11 is 1.06. The van der Waals surface area contributed by atoms with E-state index >= 15 is 0 Å². The zero-order chi connectivity index (χ0) is 16.1. The molecular formula is C14H12N2O4S2. The highest BCUT2D eigenvalue weighted by molar-refractivity contribution is 7.92. The van der Waals surface area contributed by atoms with Gasteiger partial charge in [0, 0.05) is 10.9 Å². The van der Waals surface area contributed by atoms with Crippen molar-refractivity contribution >= 4 is 33.1 Å². The second-order valence-corrected chi connectivity index (χ2v) is 7.75. The molecule has 1 unspecified atom stereocenters. The third kappa shape index (κ3) is 2.34. The van der Waals surface area contributed by atoms with Gasteiger partial charge < -0.3 is 0 Å². The predicted molar refractivity (Wildman–Crippen MR) is 81.8 cm³/mol. The predicted octanol–water partition coefficient (Wildman–Crippen LogP) is 1.50. The Morgan fingerprint density at radius 3 is 2.50 bits per heavy atom. The Kier molecular flexibility index (Phi) is 3.37. The number of amides is 1. The maximum atomic E-state index is 11.8. The summed E-state index contributed by atoms with van der Waals surface area (Å²) in [5.41, 5.74) is 3.66. The topological polar surface area (TPSA) is 93.2 Å². The first-order valence-electron chi connectivity index (χ1n) is 6.42. The lowest BCUT2D eigenvalue weighted by molar-refractivity contribution is -0.135. The molecule has 1 aliphatic heterocycles. The van der Waals surface area contributed by atoms with Gasteiger partial charge in [0.05, 0.1) is 5.69 Å². The molecule has 0 spiro atoms. The summed E-state index contributed by atoms with van der Waals surface area (Å²) in [5.74, 6) is -2.09. The van der Waals surface area contributed by atoms with E-state index in [9.17, 15) is 18.0 Å². The fraction of sp³-hybridized carbons (Fsp3) is 0.214. The van der Waals surface area contributed by atoms with Gasteiger partial charge in [-0.2, -0.15) is 0 Å². The summed E-state index contributed by atoms with van der Waals surface area (Å²) in [4.78, 5) is 27.3. The van der Waals surface area contributed by atoms with E-state index < -0.39 is 27.0 Å². The molecule has 1 aromatic carbocycles. The third-order valence-corrected chi connectivity index (χ3v) is 6.14. The van der Waals surface area contributed by atoms with Crippen LogP contribution in [-0.4, -0.2) is 25.1 Å². The molecule has 0 radical (unpaired) electrons. The van der Waals surface area contributed by atoms with Gasteiger partial charge in [-0.15, -0.1) is 11.3 Å². The first-order chi connectivity index (χ1) is 10.3. The van der Waals surface area contributed by atoms with Crippen LogP contribution in [-0.2, 0) is 19.6 Å². The van der Waals surface area contributed by atoms with Crippen molar-refractivity contribution in [2.75, 3.05) is 0 Å². The lowest BCUT2D eigenvalue weighted by atomic mass is 10.1. The van der Waals surface area contributed by atoms with Crippen molar-refractivity contribution in [3.63, 3.8) is 0 Å². The Labute approximate surface area is 131 Å². The number of aryl methyl sites for hydroxylation is 2. The van der Waals surface area contributed by atoms with E-state index in [1.807, 2.05) is 32.0 Å². The van der Waals surface area contributed by atoms with Crippen molar-refractivity contribution in [3.8, 4) is 11.3 Å². The summed E-state index contributed by atoms with van der Waals surface area (Å²) in [6.07, 6.45) is 0. The van der Waals surface area contributed by atoms with Gasteiger partial charge in [-0.3, -0.25) is 9.59 Å². The number of ketones is 1. The van der Waals surface area contributed by atoms with Gasteiger partial charge in [0.25, 0.3) is 10.0 Å². The Morgan fingerprint density at radius 1 is 1.18 bits per heavy atom. The second kappa shape index (κ2) is 4.99. The van der Waals surface area contributed by atoms with E-state index in [0.29, 0.717) is 5.69 Å². The largest absolute Gasteiger partial charge is 0.302 e. The number of rotatable bonds is 2. The number of benzene rings is 1. The van der Waals surface area contributed by atoms with Crippen LogP contribution in [0.4, 0.5) is 0 Å². The Morgan fingerprint density at radius 2 is 1.91 bits per heavy atom. The molecule has 0 aliphatic carbocycles.